The van der Waals surface area contributed by atoms with E-state index in [0.29, 0.717) is 11.5 Å². The third-order valence-electron chi connectivity index (χ3n) is 4.53. The zero-order chi connectivity index (χ0) is 18.7. The number of methoxy groups -OCH3 is 2. The van der Waals surface area contributed by atoms with E-state index in [1.165, 1.54) is 5.56 Å². The summed E-state index contributed by atoms with van der Waals surface area (Å²) in [6.45, 7) is 7.30. The number of unbranched alkanes of at least 4 members (excludes halogenated alkanes) is 1. The molecule has 1 N–H and O–H groups in total. The van der Waals surface area contributed by atoms with Crippen molar-refractivity contribution in [3.8, 4) is 22.8 Å². The summed E-state index contributed by atoms with van der Waals surface area (Å²) in [5, 5.41) is 3.59. The zero-order valence-electron chi connectivity index (χ0n) is 16.2. The third-order valence-corrected chi connectivity index (χ3v) is 4.53. The van der Waals surface area contributed by atoms with E-state index in [1.54, 1.807) is 14.2 Å². The van der Waals surface area contributed by atoms with E-state index in [2.05, 4.69) is 42.6 Å². The highest BCUT2D eigenvalue weighted by Gasteiger charge is 2.20. The standard InChI is InChI=1S/C21H27N3O2/c1-6-7-11-22-21-19(16-9-8-10-17(25-4)20(16)26-5)23-18-13-14(2)12-15(3)24(18)21/h8-10,12-13,22H,6-7,11H2,1-5H3. The number of hydrogen-bond donors (Lipinski definition) is 1. The number of nitrogens with zero attached hydrogens (tertiary/aromatic N) is 2. The lowest BCUT2D eigenvalue weighted by Crippen LogP contribution is -2.06. The third kappa shape index (κ3) is 3.21. The SMILES string of the molecule is CCCCNc1c(-c2cccc(OC)c2OC)nc2cc(C)cc(C)n12. The van der Waals surface area contributed by atoms with Crippen molar-refractivity contribution in [2.24, 2.45) is 0 Å². The molecule has 0 unspecified atom stereocenters. The molecular weight excluding hydrogens is 326 g/mol. The number of rotatable bonds is 7. The van der Waals surface area contributed by atoms with Crippen LogP contribution in [0, 0.1) is 13.8 Å². The minimum atomic E-state index is 0.700. The Labute approximate surface area is 155 Å². The summed E-state index contributed by atoms with van der Waals surface area (Å²) in [5.74, 6) is 2.40. The Morgan fingerprint density at radius 1 is 1.12 bits per heavy atom. The summed E-state index contributed by atoms with van der Waals surface area (Å²) in [5.41, 5.74) is 5.09. The molecule has 0 atom stereocenters. The number of hydrogen-bond acceptors (Lipinski definition) is 4. The van der Waals surface area contributed by atoms with Crippen molar-refractivity contribution >= 4 is 11.5 Å². The number of nitrogens with one attached hydrogen (secondary N) is 1. The predicted octanol–water partition coefficient (Wildman–Crippen LogP) is 4.85. The van der Waals surface area contributed by atoms with Crippen LogP contribution >= 0.6 is 0 Å². The van der Waals surface area contributed by atoms with E-state index >= 15 is 0 Å². The second-order valence-electron chi connectivity index (χ2n) is 6.50. The molecule has 0 bridgehead atoms. The molecule has 2 heterocycles. The molecule has 5 nitrogen and oxygen atoms in total. The van der Waals surface area contributed by atoms with Gasteiger partial charge in [-0.3, -0.25) is 4.40 Å². The van der Waals surface area contributed by atoms with Crippen LogP contribution in [0.15, 0.2) is 30.3 Å². The lowest BCUT2D eigenvalue weighted by Gasteiger charge is -2.14. The van der Waals surface area contributed by atoms with Gasteiger partial charge in [-0.2, -0.15) is 0 Å². The normalized spacial score (nSPS) is 11.0. The Kier molecular flexibility index (Phi) is 5.35. The fourth-order valence-electron chi connectivity index (χ4n) is 3.34. The van der Waals surface area contributed by atoms with Crippen LogP contribution in [0.25, 0.3) is 16.9 Å². The van der Waals surface area contributed by atoms with Gasteiger partial charge in [0.25, 0.3) is 0 Å². The van der Waals surface area contributed by atoms with E-state index in [0.717, 1.165) is 47.8 Å². The summed E-state index contributed by atoms with van der Waals surface area (Å²) in [7, 11) is 3.32. The Balaban J connectivity index is 2.25. The maximum Gasteiger partial charge on any atom is 0.170 e. The van der Waals surface area contributed by atoms with Gasteiger partial charge in [-0.25, -0.2) is 4.98 Å². The molecule has 0 radical (unpaired) electrons. The van der Waals surface area contributed by atoms with Crippen LogP contribution in [0.4, 0.5) is 5.82 Å². The molecule has 138 valence electrons. The van der Waals surface area contributed by atoms with Crippen LogP contribution in [0.5, 0.6) is 11.5 Å². The van der Waals surface area contributed by atoms with Gasteiger partial charge in [0.2, 0.25) is 0 Å². The topological polar surface area (TPSA) is 47.8 Å². The number of aryl methyl sites for hydroxylation is 2. The first-order chi connectivity index (χ1) is 12.6. The minimum Gasteiger partial charge on any atom is -0.493 e. The van der Waals surface area contributed by atoms with Crippen molar-refractivity contribution < 1.29 is 9.47 Å². The van der Waals surface area contributed by atoms with Gasteiger partial charge in [0.05, 0.1) is 14.2 Å². The van der Waals surface area contributed by atoms with Crippen LogP contribution in [0.1, 0.15) is 31.0 Å². The molecule has 0 aliphatic heterocycles. The van der Waals surface area contributed by atoms with Gasteiger partial charge in [0.1, 0.15) is 17.2 Å². The Hall–Kier alpha value is -2.69. The number of para-hydroxylation sites is 1. The van der Waals surface area contributed by atoms with Gasteiger partial charge in [0.15, 0.2) is 11.5 Å². The molecule has 0 amide bonds. The van der Waals surface area contributed by atoms with Crippen LogP contribution in [-0.4, -0.2) is 30.1 Å². The lowest BCUT2D eigenvalue weighted by atomic mass is 10.1. The summed E-state index contributed by atoms with van der Waals surface area (Å²) in [4.78, 5) is 4.93. The summed E-state index contributed by atoms with van der Waals surface area (Å²) in [6.07, 6.45) is 2.24. The highest BCUT2D eigenvalue weighted by Crippen LogP contribution is 2.41. The first kappa shape index (κ1) is 18.1. The van der Waals surface area contributed by atoms with Crippen molar-refractivity contribution in [1.82, 2.24) is 9.38 Å². The highest BCUT2D eigenvalue weighted by molar-refractivity contribution is 5.82. The van der Waals surface area contributed by atoms with E-state index < -0.39 is 0 Å². The molecule has 3 rings (SSSR count). The van der Waals surface area contributed by atoms with Gasteiger partial charge in [-0.15, -0.1) is 0 Å². The summed E-state index contributed by atoms with van der Waals surface area (Å²) in [6, 6.07) is 10.2. The number of imidazole rings is 1. The molecule has 2 aromatic heterocycles. The molecule has 0 spiro atoms. The van der Waals surface area contributed by atoms with Gasteiger partial charge in [0, 0.05) is 17.8 Å². The summed E-state index contributed by atoms with van der Waals surface area (Å²) >= 11 is 0. The Bertz CT molecular complexity index is 915. The van der Waals surface area contributed by atoms with Gasteiger partial charge in [-0.1, -0.05) is 19.4 Å². The van der Waals surface area contributed by atoms with Crippen LogP contribution < -0.4 is 14.8 Å². The largest absolute Gasteiger partial charge is 0.493 e. The second kappa shape index (κ2) is 7.68. The van der Waals surface area contributed by atoms with Crippen LogP contribution in [0.3, 0.4) is 0 Å². The van der Waals surface area contributed by atoms with E-state index in [9.17, 15) is 0 Å². The number of ether oxygens (including phenoxy) is 2. The number of benzene rings is 1. The molecule has 0 fully saturated rings. The van der Waals surface area contributed by atoms with Crippen LogP contribution in [-0.2, 0) is 0 Å². The number of fused-ring (bicyclic) bond motifs is 1. The van der Waals surface area contributed by atoms with E-state index in [4.69, 9.17) is 14.5 Å². The van der Waals surface area contributed by atoms with Gasteiger partial charge >= 0.3 is 0 Å². The van der Waals surface area contributed by atoms with Crippen molar-refractivity contribution in [3.05, 3.63) is 41.6 Å². The van der Waals surface area contributed by atoms with Crippen molar-refractivity contribution in [1.29, 1.82) is 0 Å². The average molecular weight is 353 g/mol. The maximum atomic E-state index is 5.65. The quantitative estimate of drug-likeness (QED) is 0.617. The predicted molar refractivity (Wildman–Crippen MR) is 107 cm³/mol. The number of anilines is 1. The highest BCUT2D eigenvalue weighted by atomic mass is 16.5. The average Bonchev–Trinajstić information content (AvgIpc) is 2.99. The van der Waals surface area contributed by atoms with E-state index in [1.807, 2.05) is 18.2 Å². The maximum absolute atomic E-state index is 5.65. The molecule has 0 saturated heterocycles. The zero-order valence-corrected chi connectivity index (χ0v) is 16.2. The fourth-order valence-corrected chi connectivity index (χ4v) is 3.34. The first-order valence-corrected chi connectivity index (χ1v) is 9.05. The van der Waals surface area contributed by atoms with Crippen molar-refractivity contribution in [2.45, 2.75) is 33.6 Å². The first-order valence-electron chi connectivity index (χ1n) is 9.05. The fraction of sp³-hybridized carbons (Fsp3) is 0.381. The Morgan fingerprint density at radius 2 is 1.92 bits per heavy atom. The molecule has 0 aliphatic carbocycles. The molecule has 1 aromatic carbocycles. The lowest BCUT2D eigenvalue weighted by molar-refractivity contribution is 0.356. The van der Waals surface area contributed by atoms with Crippen molar-refractivity contribution in [3.63, 3.8) is 0 Å². The summed E-state index contributed by atoms with van der Waals surface area (Å²) < 4.78 is 13.3. The van der Waals surface area contributed by atoms with E-state index in [-0.39, 0.29) is 0 Å². The monoisotopic (exact) mass is 353 g/mol. The molecule has 26 heavy (non-hydrogen) atoms. The smallest absolute Gasteiger partial charge is 0.170 e. The van der Waals surface area contributed by atoms with Crippen LogP contribution in [0.2, 0.25) is 0 Å². The Morgan fingerprint density at radius 3 is 2.62 bits per heavy atom. The van der Waals surface area contributed by atoms with Gasteiger partial charge in [-0.05, 0) is 50.1 Å². The minimum absolute atomic E-state index is 0.700. The number of aromatic nitrogens is 2. The molecule has 0 aliphatic rings. The molecule has 3 aromatic rings. The van der Waals surface area contributed by atoms with Crippen molar-refractivity contribution in [2.75, 3.05) is 26.1 Å². The van der Waals surface area contributed by atoms with Gasteiger partial charge < -0.3 is 14.8 Å². The molecular formula is C21H27N3O2. The molecule has 5 heteroatoms. The second-order valence-corrected chi connectivity index (χ2v) is 6.50. The number of pyridine rings is 1. The molecule has 0 saturated carbocycles.